The third kappa shape index (κ3) is 9.96. The number of carboxylic acid groups (broad SMARTS) is 1. The Balaban J connectivity index is 0.870. The molecule has 6 heterocycles. The van der Waals surface area contributed by atoms with Gasteiger partial charge in [0.1, 0.15) is 38.1 Å². The number of fused-ring (bicyclic) bond motifs is 8. The highest BCUT2D eigenvalue weighted by atomic mass is 32.2. The van der Waals surface area contributed by atoms with E-state index < -0.39 is 5.97 Å². The summed E-state index contributed by atoms with van der Waals surface area (Å²) >= 11 is 6.87. The van der Waals surface area contributed by atoms with E-state index in [1.165, 1.54) is 128 Å². The molecule has 2 atom stereocenters. The highest BCUT2D eigenvalue weighted by Crippen LogP contribution is 2.63. The van der Waals surface area contributed by atoms with E-state index in [0.717, 1.165) is 61.6 Å². The van der Waals surface area contributed by atoms with Crippen molar-refractivity contribution in [1.29, 1.82) is 5.26 Å². The van der Waals surface area contributed by atoms with Crippen molar-refractivity contribution in [2.24, 2.45) is 5.92 Å². The molecule has 2 aliphatic carbocycles. The molecule has 3 aromatic heterocycles. The second-order valence-electron chi connectivity index (χ2n) is 23.8. The first-order valence-electron chi connectivity index (χ1n) is 30.0. The smallest absolute Gasteiger partial charge is 0.346 e. The van der Waals surface area contributed by atoms with Gasteiger partial charge >= 0.3 is 5.97 Å². The third-order valence-electron chi connectivity index (χ3n) is 17.7. The number of hydrogen-bond donors (Lipinski definition) is 1. The Morgan fingerprint density at radius 1 is 0.607 bits per heavy atom. The third-order valence-corrected chi connectivity index (χ3v) is 23.1. The minimum atomic E-state index is -1.29. The second-order valence-corrected chi connectivity index (χ2v) is 28.1. The molecule has 1 N–H and O–H groups in total. The van der Waals surface area contributed by atoms with Crippen molar-refractivity contribution in [1.82, 2.24) is 0 Å². The summed E-state index contributed by atoms with van der Waals surface area (Å²) < 4.78 is 25.4. The maximum atomic E-state index is 12.0. The van der Waals surface area contributed by atoms with Gasteiger partial charge in [-0.15, -0.1) is 45.8 Å². The van der Waals surface area contributed by atoms with Crippen LogP contribution in [0.1, 0.15) is 148 Å². The normalized spacial score (nSPS) is 17.5. The number of rotatable bonds is 19. The fourth-order valence-corrected chi connectivity index (χ4v) is 18.8. The van der Waals surface area contributed by atoms with Crippen LogP contribution in [-0.4, -0.2) is 37.5 Å². The summed E-state index contributed by atoms with van der Waals surface area (Å²) in [4.78, 5) is 21.5. The number of nitriles is 1. The number of carboxylic acids is 1. The minimum Gasteiger partial charge on any atom is -0.485 e. The molecule has 0 spiro atoms. The van der Waals surface area contributed by atoms with E-state index in [0.29, 0.717) is 54.5 Å². The molecule has 5 aromatic carbocycles. The molecule has 0 saturated carbocycles. The van der Waals surface area contributed by atoms with E-state index in [1.807, 2.05) is 29.2 Å². The Morgan fingerprint density at radius 3 is 1.74 bits per heavy atom. The molecule has 8 nitrogen and oxygen atoms in total. The molecule has 0 amide bonds. The highest BCUT2D eigenvalue weighted by molar-refractivity contribution is 8.09. The number of ether oxygens (including phenoxy) is 4. The summed E-state index contributed by atoms with van der Waals surface area (Å²) in [6, 6.07) is 45.9. The van der Waals surface area contributed by atoms with Crippen molar-refractivity contribution < 1.29 is 28.8 Å². The number of aryl methyl sites for hydroxylation is 1. The molecular weight excluding hydrogens is 1120 g/mol. The number of hydrogen-bond acceptors (Lipinski definition) is 11. The summed E-state index contributed by atoms with van der Waals surface area (Å²) in [6.07, 6.45) is 15.7. The number of nitrogens with zero attached hydrogens (tertiary/aromatic N) is 2. The zero-order valence-electron chi connectivity index (χ0n) is 48.7. The Kier molecular flexibility index (Phi) is 15.4. The molecule has 3 aliphatic heterocycles. The summed E-state index contributed by atoms with van der Waals surface area (Å²) in [5.74, 6) is 1.44. The van der Waals surface area contributed by atoms with Gasteiger partial charge < -0.3 is 29.0 Å². The molecule has 0 fully saturated rings. The second kappa shape index (κ2) is 23.1. The van der Waals surface area contributed by atoms with Gasteiger partial charge in [-0.1, -0.05) is 165 Å². The van der Waals surface area contributed by atoms with Crippen LogP contribution in [0.3, 0.4) is 0 Å². The Hall–Kier alpha value is -7.01. The van der Waals surface area contributed by atoms with Gasteiger partial charge in [0.2, 0.25) is 0 Å². The van der Waals surface area contributed by atoms with Crippen molar-refractivity contribution in [2.75, 3.05) is 31.3 Å². The molecule has 12 heteroatoms. The van der Waals surface area contributed by atoms with Crippen LogP contribution < -0.4 is 23.8 Å². The number of allylic oxidation sites excluding steroid dienone is 1. The molecule has 2 unspecified atom stereocenters. The van der Waals surface area contributed by atoms with Crippen molar-refractivity contribution in [3.63, 3.8) is 0 Å². The topological polar surface area (TPSA) is 101 Å². The summed E-state index contributed by atoms with van der Waals surface area (Å²) in [6.45, 7) is 15.5. The lowest BCUT2D eigenvalue weighted by atomic mass is 9.82. The maximum absolute atomic E-state index is 12.0. The van der Waals surface area contributed by atoms with Gasteiger partial charge in [-0.05, 0) is 129 Å². The van der Waals surface area contributed by atoms with E-state index >= 15 is 0 Å². The lowest BCUT2D eigenvalue weighted by molar-refractivity contribution is -0.132. The molecule has 5 aliphatic rings. The van der Waals surface area contributed by atoms with Crippen molar-refractivity contribution in [2.45, 2.75) is 122 Å². The molecule has 84 heavy (non-hydrogen) atoms. The van der Waals surface area contributed by atoms with Crippen LogP contribution in [-0.2, 0) is 22.0 Å². The standard InChI is InChI=1S/C72H70N2O6S4/c1-7-9-11-13-19-44-37-59(66-45(20-14-12-10-8-2)38-60(83-66)67-63-64(80-36-35-79-63)69(84-67)68-62-61(77-33-34-78-62)58(81-68)39-46(42-73)70(75)76)82-65(44)43-25-27-47(28-26-43)74(48-29-31-52-50-21-15-17-23-54(50)71(3,4)56(52)40-48)49-30-32-53-51-22-16-18-24-55(51)72(5,6)57(53)41-49/h15-18,21-32,37-41,44,65H,7-14,19-20,33-36H2,1-6H3,(H,75,76)/b46-39-. The lowest BCUT2D eigenvalue weighted by Crippen LogP contribution is -2.18. The first-order valence-corrected chi connectivity index (χ1v) is 33.3. The van der Waals surface area contributed by atoms with Crippen LogP contribution >= 0.6 is 45.8 Å². The number of anilines is 3. The van der Waals surface area contributed by atoms with Gasteiger partial charge in [0, 0.05) is 47.8 Å². The van der Waals surface area contributed by atoms with E-state index in [-0.39, 0.29) is 21.7 Å². The predicted molar refractivity (Wildman–Crippen MR) is 349 cm³/mol. The first-order chi connectivity index (χ1) is 40.9. The summed E-state index contributed by atoms with van der Waals surface area (Å²) in [5.41, 5.74) is 16.3. The average molecular weight is 1190 g/mol. The van der Waals surface area contributed by atoms with Crippen LogP contribution in [0.5, 0.6) is 23.0 Å². The molecule has 0 radical (unpaired) electrons. The van der Waals surface area contributed by atoms with Crippen LogP contribution in [0.4, 0.5) is 17.1 Å². The van der Waals surface area contributed by atoms with Crippen molar-refractivity contribution in [3.8, 4) is 70.8 Å². The van der Waals surface area contributed by atoms with Gasteiger partial charge in [0.05, 0.1) is 19.5 Å². The van der Waals surface area contributed by atoms with Gasteiger partial charge in [0.25, 0.3) is 0 Å². The molecule has 428 valence electrons. The van der Waals surface area contributed by atoms with E-state index in [4.69, 9.17) is 18.9 Å². The molecule has 8 aromatic rings. The van der Waals surface area contributed by atoms with Crippen LogP contribution in [0.15, 0.2) is 127 Å². The number of unbranched alkanes of at least 4 members (excludes halogenated alkanes) is 6. The Labute approximate surface area is 510 Å². The summed E-state index contributed by atoms with van der Waals surface area (Å²) in [5, 5.41) is 19.7. The van der Waals surface area contributed by atoms with Crippen LogP contribution in [0.25, 0.3) is 52.7 Å². The fraction of sp³-hybridized carbons (Fsp3) is 0.333. The van der Waals surface area contributed by atoms with Gasteiger partial charge in [-0.2, -0.15) is 5.26 Å². The van der Waals surface area contributed by atoms with Gasteiger partial charge in [0.15, 0.2) is 23.0 Å². The average Bonchev–Trinajstić information content (AvgIpc) is 2.00. The number of carbonyl (C=O) groups is 1. The van der Waals surface area contributed by atoms with Crippen molar-refractivity contribution in [3.05, 3.63) is 170 Å². The number of thiophene rings is 3. The monoisotopic (exact) mass is 1190 g/mol. The SMILES string of the molecule is CCCCCCc1cc(-c2sc(-c3sc(/C=C(/C#N)C(=O)O)c4c3OCCO4)c3c2OCCO3)sc1C1=CC(CCCCCC)C(c2ccc(N(c3ccc4c(c3)C(C)(C)c3ccccc3-4)c3ccc4c(c3)C(C)(C)c3ccccc3-4)cc2)S1. The van der Waals surface area contributed by atoms with Gasteiger partial charge in [-0.25, -0.2) is 4.79 Å². The minimum absolute atomic E-state index is 0.142. The molecule has 13 rings (SSSR count). The summed E-state index contributed by atoms with van der Waals surface area (Å²) in [7, 11) is 0. The molecule has 0 bridgehead atoms. The number of benzene rings is 5. The first kappa shape index (κ1) is 56.1. The van der Waals surface area contributed by atoms with Crippen molar-refractivity contribution >= 4 is 79.8 Å². The number of thioether (sulfide) groups is 1. The molecule has 0 saturated heterocycles. The zero-order chi connectivity index (χ0) is 57.9. The zero-order valence-corrected chi connectivity index (χ0v) is 52.0. The lowest BCUT2D eigenvalue weighted by Gasteiger charge is -2.30. The Morgan fingerprint density at radius 2 is 1.14 bits per heavy atom. The van der Waals surface area contributed by atoms with Crippen LogP contribution in [0, 0.1) is 17.2 Å². The number of aliphatic carboxylic acids is 1. The van der Waals surface area contributed by atoms with E-state index in [9.17, 15) is 15.2 Å². The quantitative estimate of drug-likeness (QED) is 0.0482. The van der Waals surface area contributed by atoms with Gasteiger partial charge in [-0.3, -0.25) is 0 Å². The molecular formula is C72H70N2O6S4. The Bertz CT molecular complexity index is 3850. The largest absolute Gasteiger partial charge is 0.485 e. The van der Waals surface area contributed by atoms with E-state index in [1.54, 1.807) is 11.3 Å². The fourth-order valence-electron chi connectivity index (χ4n) is 13.4. The predicted octanol–water partition coefficient (Wildman–Crippen LogP) is 20.4. The highest BCUT2D eigenvalue weighted by Gasteiger charge is 2.40. The van der Waals surface area contributed by atoms with Crippen LogP contribution in [0.2, 0.25) is 0 Å². The maximum Gasteiger partial charge on any atom is 0.346 e. The van der Waals surface area contributed by atoms with E-state index in [2.05, 4.69) is 168 Å².